The van der Waals surface area contributed by atoms with E-state index in [0.717, 1.165) is 18.9 Å². The summed E-state index contributed by atoms with van der Waals surface area (Å²) >= 11 is 0. The molecular weight excluding hydrogens is 200 g/mol. The smallest absolute Gasteiger partial charge is 0.128 e. The van der Waals surface area contributed by atoms with Gasteiger partial charge < -0.3 is 10.2 Å². The number of hydrogen-bond acceptors (Lipinski definition) is 4. The Morgan fingerprint density at radius 1 is 1.56 bits per heavy atom. The van der Waals surface area contributed by atoms with Crippen molar-refractivity contribution >= 4 is 5.82 Å². The molecule has 1 N–H and O–H groups in total. The maximum Gasteiger partial charge on any atom is 0.128 e. The number of aromatic nitrogens is 1. The Morgan fingerprint density at radius 3 is 3.00 bits per heavy atom. The zero-order valence-corrected chi connectivity index (χ0v) is 9.48. The minimum absolute atomic E-state index is 0.509. The minimum Gasteiger partial charge on any atom is -0.355 e. The van der Waals surface area contributed by atoms with E-state index in [-0.39, 0.29) is 0 Å². The maximum absolute atomic E-state index is 8.70. The number of nitrogens with one attached hydrogen (secondary N) is 1. The van der Waals surface area contributed by atoms with Crippen LogP contribution in [0, 0.1) is 11.3 Å². The molecule has 1 fully saturated rings. The number of rotatable bonds is 2. The molecule has 0 saturated carbocycles. The van der Waals surface area contributed by atoms with Gasteiger partial charge in [-0.3, -0.25) is 0 Å². The van der Waals surface area contributed by atoms with Crippen LogP contribution in [-0.2, 0) is 0 Å². The van der Waals surface area contributed by atoms with E-state index in [9.17, 15) is 0 Å². The fourth-order valence-corrected chi connectivity index (χ4v) is 2.01. The molecule has 2 rings (SSSR count). The largest absolute Gasteiger partial charge is 0.355 e. The Kier molecular flexibility index (Phi) is 3.37. The standard InChI is InChI=1S/C12H16N4/c1-16(11-3-2-6-14-9-11)12-5-4-10(7-13)8-15-12/h4-5,8,11,14H,2-3,6,9H2,1H3. The number of anilines is 1. The van der Waals surface area contributed by atoms with Crippen molar-refractivity contribution in [3.63, 3.8) is 0 Å². The van der Waals surface area contributed by atoms with Crippen LogP contribution in [-0.4, -0.2) is 31.2 Å². The second kappa shape index (κ2) is 4.95. The molecule has 4 heteroatoms. The Labute approximate surface area is 95.9 Å². The third kappa shape index (κ3) is 2.31. The van der Waals surface area contributed by atoms with Crippen LogP contribution < -0.4 is 10.2 Å². The van der Waals surface area contributed by atoms with Gasteiger partial charge in [0.15, 0.2) is 0 Å². The molecule has 1 atom stereocenters. The van der Waals surface area contributed by atoms with Crippen molar-refractivity contribution < 1.29 is 0 Å². The molecule has 1 aliphatic heterocycles. The SMILES string of the molecule is CN(c1ccc(C#N)cn1)C1CCCNC1. The summed E-state index contributed by atoms with van der Waals surface area (Å²) in [6.45, 7) is 2.13. The van der Waals surface area contributed by atoms with Gasteiger partial charge in [-0.1, -0.05) is 0 Å². The number of nitrogens with zero attached hydrogens (tertiary/aromatic N) is 3. The summed E-state index contributed by atoms with van der Waals surface area (Å²) < 4.78 is 0. The molecule has 1 aromatic rings. The number of nitriles is 1. The summed E-state index contributed by atoms with van der Waals surface area (Å²) in [6, 6.07) is 6.31. The third-order valence-corrected chi connectivity index (χ3v) is 3.06. The lowest BCUT2D eigenvalue weighted by atomic mass is 10.1. The van der Waals surface area contributed by atoms with Crippen LogP contribution in [0.25, 0.3) is 0 Å². The molecule has 16 heavy (non-hydrogen) atoms. The Hall–Kier alpha value is -1.60. The molecule has 0 radical (unpaired) electrons. The van der Waals surface area contributed by atoms with Crippen LogP contribution >= 0.6 is 0 Å². The third-order valence-electron chi connectivity index (χ3n) is 3.06. The lowest BCUT2D eigenvalue weighted by Crippen LogP contribution is -2.44. The molecule has 1 aliphatic rings. The maximum atomic E-state index is 8.70. The van der Waals surface area contributed by atoms with Gasteiger partial charge >= 0.3 is 0 Å². The van der Waals surface area contributed by atoms with Crippen LogP contribution in [0.15, 0.2) is 18.3 Å². The molecule has 2 heterocycles. The van der Waals surface area contributed by atoms with Crippen molar-refractivity contribution in [2.45, 2.75) is 18.9 Å². The lowest BCUT2D eigenvalue weighted by molar-refractivity contribution is 0.443. The van der Waals surface area contributed by atoms with E-state index in [1.807, 2.05) is 12.1 Å². The first-order chi connectivity index (χ1) is 7.81. The van der Waals surface area contributed by atoms with Gasteiger partial charge in [-0.05, 0) is 31.5 Å². The fourth-order valence-electron chi connectivity index (χ4n) is 2.01. The van der Waals surface area contributed by atoms with Crippen molar-refractivity contribution in [2.24, 2.45) is 0 Å². The number of hydrogen-bond donors (Lipinski definition) is 1. The van der Waals surface area contributed by atoms with E-state index in [0.29, 0.717) is 11.6 Å². The van der Waals surface area contributed by atoms with E-state index in [1.165, 1.54) is 12.8 Å². The number of piperidine rings is 1. The van der Waals surface area contributed by atoms with Crippen LogP contribution in [0.2, 0.25) is 0 Å². The molecule has 84 valence electrons. The van der Waals surface area contributed by atoms with E-state index in [2.05, 4.69) is 28.3 Å². The summed E-state index contributed by atoms with van der Waals surface area (Å²) in [7, 11) is 2.06. The van der Waals surface area contributed by atoms with Gasteiger partial charge in [-0.15, -0.1) is 0 Å². The molecule has 4 nitrogen and oxygen atoms in total. The van der Waals surface area contributed by atoms with E-state index >= 15 is 0 Å². The first kappa shape index (κ1) is 10.9. The van der Waals surface area contributed by atoms with Gasteiger partial charge in [0.2, 0.25) is 0 Å². The zero-order valence-electron chi connectivity index (χ0n) is 9.48. The average Bonchev–Trinajstić information content (AvgIpc) is 2.39. The molecule has 1 aromatic heterocycles. The summed E-state index contributed by atoms with van der Waals surface area (Å²) in [5.41, 5.74) is 0.610. The van der Waals surface area contributed by atoms with Crippen molar-refractivity contribution in [3.8, 4) is 6.07 Å². The van der Waals surface area contributed by atoms with Gasteiger partial charge in [-0.2, -0.15) is 5.26 Å². The molecule has 0 spiro atoms. The Bertz CT molecular complexity index is 373. The zero-order chi connectivity index (χ0) is 11.4. The molecule has 1 unspecified atom stereocenters. The summed E-state index contributed by atoms with van der Waals surface area (Å²) in [5.74, 6) is 0.938. The van der Waals surface area contributed by atoms with Crippen LogP contribution in [0.1, 0.15) is 18.4 Å². The van der Waals surface area contributed by atoms with Crippen LogP contribution in [0.5, 0.6) is 0 Å². The Balaban J connectivity index is 2.07. The average molecular weight is 216 g/mol. The van der Waals surface area contributed by atoms with Crippen molar-refractivity contribution in [1.29, 1.82) is 5.26 Å². The normalized spacial score (nSPS) is 20.1. The van der Waals surface area contributed by atoms with Crippen molar-refractivity contribution in [3.05, 3.63) is 23.9 Å². The first-order valence-corrected chi connectivity index (χ1v) is 5.61. The topological polar surface area (TPSA) is 52.0 Å². The monoisotopic (exact) mass is 216 g/mol. The molecule has 1 saturated heterocycles. The van der Waals surface area contributed by atoms with Gasteiger partial charge in [0.25, 0.3) is 0 Å². The first-order valence-electron chi connectivity index (χ1n) is 5.61. The summed E-state index contributed by atoms with van der Waals surface area (Å²) in [6.07, 6.45) is 4.04. The highest BCUT2D eigenvalue weighted by Gasteiger charge is 2.18. The highest BCUT2D eigenvalue weighted by atomic mass is 15.2. The minimum atomic E-state index is 0.509. The van der Waals surface area contributed by atoms with E-state index < -0.39 is 0 Å². The highest BCUT2D eigenvalue weighted by Crippen LogP contribution is 2.16. The predicted molar refractivity (Wildman–Crippen MR) is 63.2 cm³/mol. The van der Waals surface area contributed by atoms with Gasteiger partial charge in [0.05, 0.1) is 5.56 Å². The molecule has 0 aromatic carbocycles. The lowest BCUT2D eigenvalue weighted by Gasteiger charge is -2.32. The van der Waals surface area contributed by atoms with E-state index in [1.54, 1.807) is 6.20 Å². The molecular formula is C12H16N4. The summed E-state index contributed by atoms with van der Waals surface area (Å²) in [4.78, 5) is 6.49. The van der Waals surface area contributed by atoms with Crippen molar-refractivity contribution in [1.82, 2.24) is 10.3 Å². The number of likely N-dealkylation sites (N-methyl/N-ethyl adjacent to an activating group) is 1. The second-order valence-corrected chi connectivity index (χ2v) is 4.13. The molecule has 0 bridgehead atoms. The highest BCUT2D eigenvalue weighted by molar-refractivity contribution is 5.42. The molecule has 0 aliphatic carbocycles. The second-order valence-electron chi connectivity index (χ2n) is 4.13. The molecule has 0 amide bonds. The van der Waals surface area contributed by atoms with Gasteiger partial charge in [-0.25, -0.2) is 4.98 Å². The fraction of sp³-hybridized carbons (Fsp3) is 0.500. The predicted octanol–water partition coefficient (Wildman–Crippen LogP) is 1.14. The quantitative estimate of drug-likeness (QED) is 0.805. The number of pyridine rings is 1. The van der Waals surface area contributed by atoms with Gasteiger partial charge in [0, 0.05) is 25.8 Å². The Morgan fingerprint density at radius 2 is 2.44 bits per heavy atom. The summed E-state index contributed by atoms with van der Waals surface area (Å²) in [5, 5.41) is 12.1. The van der Waals surface area contributed by atoms with E-state index in [4.69, 9.17) is 5.26 Å². The van der Waals surface area contributed by atoms with Crippen LogP contribution in [0.4, 0.5) is 5.82 Å². The van der Waals surface area contributed by atoms with Gasteiger partial charge in [0.1, 0.15) is 11.9 Å². The van der Waals surface area contributed by atoms with Crippen molar-refractivity contribution in [2.75, 3.05) is 25.0 Å². The van der Waals surface area contributed by atoms with Crippen LogP contribution in [0.3, 0.4) is 0 Å².